The first-order valence-electron chi connectivity index (χ1n) is 8.46. The second kappa shape index (κ2) is 9.97. The molecule has 0 aliphatic carbocycles. The van der Waals surface area contributed by atoms with E-state index in [-0.39, 0.29) is 0 Å². The minimum atomic E-state index is 0.561. The van der Waals surface area contributed by atoms with Crippen LogP contribution in [0.5, 0.6) is 0 Å². The molecule has 1 unspecified atom stereocenters. The van der Waals surface area contributed by atoms with E-state index in [1.165, 1.54) is 35.1 Å². The zero-order valence-electron chi connectivity index (χ0n) is 14.6. The third kappa shape index (κ3) is 6.62. The highest BCUT2D eigenvalue weighted by molar-refractivity contribution is 5.38. The lowest BCUT2D eigenvalue weighted by molar-refractivity contribution is 0.140. The highest BCUT2D eigenvalue weighted by atomic mass is 16.5. The molecule has 0 saturated carbocycles. The van der Waals surface area contributed by atoms with E-state index in [4.69, 9.17) is 4.74 Å². The SMILES string of the molecule is CCCNC(CCCOCC)Cc1c(C)cc(C)cc1C. The van der Waals surface area contributed by atoms with Crippen LogP contribution >= 0.6 is 0 Å². The number of hydrogen-bond acceptors (Lipinski definition) is 2. The summed E-state index contributed by atoms with van der Waals surface area (Å²) < 4.78 is 5.47. The van der Waals surface area contributed by atoms with Crippen LogP contribution in [0.15, 0.2) is 12.1 Å². The molecule has 1 aromatic rings. The standard InChI is InChI=1S/C19H33NO/c1-6-10-20-18(9-8-11-21-7-2)14-19-16(4)12-15(3)13-17(19)5/h12-13,18,20H,6-11,14H2,1-5H3. The fourth-order valence-corrected chi connectivity index (χ4v) is 2.98. The summed E-state index contributed by atoms with van der Waals surface area (Å²) in [5, 5.41) is 3.71. The molecule has 1 atom stereocenters. The Balaban J connectivity index is 2.66. The van der Waals surface area contributed by atoms with Crippen LogP contribution in [0.25, 0.3) is 0 Å². The topological polar surface area (TPSA) is 21.3 Å². The lowest BCUT2D eigenvalue weighted by atomic mass is 9.93. The van der Waals surface area contributed by atoms with E-state index in [1.54, 1.807) is 0 Å². The number of aryl methyl sites for hydroxylation is 3. The van der Waals surface area contributed by atoms with E-state index < -0.39 is 0 Å². The zero-order valence-corrected chi connectivity index (χ0v) is 14.6. The maximum atomic E-state index is 5.47. The Morgan fingerprint density at radius 2 is 1.76 bits per heavy atom. The van der Waals surface area contributed by atoms with Gasteiger partial charge in [0.2, 0.25) is 0 Å². The van der Waals surface area contributed by atoms with Crippen molar-refractivity contribution in [3.63, 3.8) is 0 Å². The van der Waals surface area contributed by atoms with Crippen molar-refractivity contribution in [2.75, 3.05) is 19.8 Å². The molecule has 21 heavy (non-hydrogen) atoms. The second-order valence-electron chi connectivity index (χ2n) is 6.07. The fraction of sp³-hybridized carbons (Fsp3) is 0.684. The van der Waals surface area contributed by atoms with E-state index >= 15 is 0 Å². The van der Waals surface area contributed by atoms with Gasteiger partial charge in [0.1, 0.15) is 0 Å². The summed E-state index contributed by atoms with van der Waals surface area (Å²) in [7, 11) is 0. The summed E-state index contributed by atoms with van der Waals surface area (Å²) >= 11 is 0. The van der Waals surface area contributed by atoms with Gasteiger partial charge in [-0.15, -0.1) is 0 Å². The maximum Gasteiger partial charge on any atom is 0.0466 e. The van der Waals surface area contributed by atoms with Crippen LogP contribution in [-0.2, 0) is 11.2 Å². The largest absolute Gasteiger partial charge is 0.382 e. The molecule has 0 spiro atoms. The highest BCUT2D eigenvalue weighted by Crippen LogP contribution is 2.19. The van der Waals surface area contributed by atoms with Crippen LogP contribution in [-0.4, -0.2) is 25.8 Å². The average molecular weight is 291 g/mol. The van der Waals surface area contributed by atoms with E-state index in [0.29, 0.717) is 6.04 Å². The van der Waals surface area contributed by atoms with E-state index in [1.807, 2.05) is 0 Å². The molecule has 0 radical (unpaired) electrons. The molecule has 120 valence electrons. The molecule has 2 heteroatoms. The third-order valence-corrected chi connectivity index (χ3v) is 4.02. The Morgan fingerprint density at radius 3 is 2.33 bits per heavy atom. The molecule has 0 fully saturated rings. The molecule has 0 bridgehead atoms. The fourth-order valence-electron chi connectivity index (χ4n) is 2.98. The van der Waals surface area contributed by atoms with Crippen LogP contribution in [0, 0.1) is 20.8 Å². The molecular weight excluding hydrogens is 258 g/mol. The first-order chi connectivity index (χ1) is 10.1. The molecule has 0 saturated heterocycles. The second-order valence-corrected chi connectivity index (χ2v) is 6.07. The molecule has 0 aromatic heterocycles. The molecule has 1 aromatic carbocycles. The van der Waals surface area contributed by atoms with Gasteiger partial charge in [0.25, 0.3) is 0 Å². The van der Waals surface area contributed by atoms with Crippen molar-refractivity contribution in [3.05, 3.63) is 34.4 Å². The van der Waals surface area contributed by atoms with Crippen molar-refractivity contribution >= 4 is 0 Å². The highest BCUT2D eigenvalue weighted by Gasteiger charge is 2.12. The van der Waals surface area contributed by atoms with Gasteiger partial charge in [-0.3, -0.25) is 0 Å². The number of rotatable bonds is 10. The quantitative estimate of drug-likeness (QED) is 0.648. The summed E-state index contributed by atoms with van der Waals surface area (Å²) in [5.74, 6) is 0. The monoisotopic (exact) mass is 291 g/mol. The van der Waals surface area contributed by atoms with Gasteiger partial charge in [-0.2, -0.15) is 0 Å². The number of nitrogens with one attached hydrogen (secondary N) is 1. The van der Waals surface area contributed by atoms with Crippen molar-refractivity contribution in [2.45, 2.75) is 66.3 Å². The van der Waals surface area contributed by atoms with Gasteiger partial charge in [0.15, 0.2) is 0 Å². The molecule has 0 heterocycles. The van der Waals surface area contributed by atoms with E-state index in [0.717, 1.165) is 32.6 Å². The van der Waals surface area contributed by atoms with Crippen LogP contribution in [0.1, 0.15) is 55.4 Å². The lowest BCUT2D eigenvalue weighted by Gasteiger charge is -2.21. The summed E-state index contributed by atoms with van der Waals surface area (Å²) in [4.78, 5) is 0. The molecule has 1 rings (SSSR count). The van der Waals surface area contributed by atoms with E-state index in [9.17, 15) is 0 Å². The van der Waals surface area contributed by atoms with Crippen LogP contribution in [0.4, 0.5) is 0 Å². The van der Waals surface area contributed by atoms with Gasteiger partial charge in [-0.1, -0.05) is 24.6 Å². The predicted molar refractivity (Wildman–Crippen MR) is 92.2 cm³/mol. The minimum Gasteiger partial charge on any atom is -0.382 e. The minimum absolute atomic E-state index is 0.561. The maximum absolute atomic E-state index is 5.47. The van der Waals surface area contributed by atoms with Gasteiger partial charge < -0.3 is 10.1 Å². The summed E-state index contributed by atoms with van der Waals surface area (Å²) in [6.07, 6.45) is 4.64. The summed E-state index contributed by atoms with van der Waals surface area (Å²) in [6, 6.07) is 5.17. The van der Waals surface area contributed by atoms with Gasteiger partial charge >= 0.3 is 0 Å². The number of benzene rings is 1. The summed E-state index contributed by atoms with van der Waals surface area (Å²) in [6.45, 7) is 13.8. The Kier molecular flexibility index (Phi) is 8.63. The first-order valence-corrected chi connectivity index (χ1v) is 8.46. The van der Waals surface area contributed by atoms with Gasteiger partial charge in [-0.25, -0.2) is 0 Å². The van der Waals surface area contributed by atoms with Crippen molar-refractivity contribution in [1.29, 1.82) is 0 Å². The molecular formula is C19H33NO. The number of hydrogen-bond donors (Lipinski definition) is 1. The van der Waals surface area contributed by atoms with Crippen molar-refractivity contribution < 1.29 is 4.74 Å². The predicted octanol–water partition coefficient (Wildman–Crippen LogP) is 4.34. The van der Waals surface area contributed by atoms with Crippen LogP contribution in [0.3, 0.4) is 0 Å². The van der Waals surface area contributed by atoms with Gasteiger partial charge in [0.05, 0.1) is 0 Å². The molecule has 1 N–H and O–H groups in total. The molecule has 0 aliphatic heterocycles. The Bertz CT molecular complexity index is 391. The Hall–Kier alpha value is -0.860. The van der Waals surface area contributed by atoms with Crippen molar-refractivity contribution in [2.24, 2.45) is 0 Å². The van der Waals surface area contributed by atoms with Crippen molar-refractivity contribution in [3.8, 4) is 0 Å². The van der Waals surface area contributed by atoms with Gasteiger partial charge in [-0.05, 0) is 76.6 Å². The zero-order chi connectivity index (χ0) is 15.7. The van der Waals surface area contributed by atoms with Crippen LogP contribution in [0.2, 0.25) is 0 Å². The third-order valence-electron chi connectivity index (χ3n) is 4.02. The van der Waals surface area contributed by atoms with Gasteiger partial charge in [0, 0.05) is 19.3 Å². The average Bonchev–Trinajstić information content (AvgIpc) is 2.43. The Labute approximate surface area is 131 Å². The Morgan fingerprint density at radius 1 is 1.10 bits per heavy atom. The molecule has 0 amide bonds. The van der Waals surface area contributed by atoms with E-state index in [2.05, 4.69) is 52.1 Å². The normalized spacial score (nSPS) is 12.6. The smallest absolute Gasteiger partial charge is 0.0466 e. The van der Waals surface area contributed by atoms with Crippen molar-refractivity contribution in [1.82, 2.24) is 5.32 Å². The summed E-state index contributed by atoms with van der Waals surface area (Å²) in [5.41, 5.74) is 5.75. The molecule has 2 nitrogen and oxygen atoms in total. The number of ether oxygens (including phenoxy) is 1. The first kappa shape index (κ1) is 18.2. The van der Waals surface area contributed by atoms with Crippen LogP contribution < -0.4 is 5.32 Å². The lowest BCUT2D eigenvalue weighted by Crippen LogP contribution is -2.32. The molecule has 0 aliphatic rings.